The fourth-order valence-corrected chi connectivity index (χ4v) is 5.53. The molecule has 0 unspecified atom stereocenters. The zero-order valence-corrected chi connectivity index (χ0v) is 19.7. The highest BCUT2D eigenvalue weighted by atomic mass is 32.2. The van der Waals surface area contributed by atoms with Crippen LogP contribution >= 0.6 is 23.1 Å². The van der Waals surface area contributed by atoms with E-state index >= 15 is 0 Å². The van der Waals surface area contributed by atoms with Crippen LogP contribution in [0.5, 0.6) is 0 Å². The van der Waals surface area contributed by atoms with Crippen molar-refractivity contribution in [2.75, 3.05) is 11.1 Å². The van der Waals surface area contributed by atoms with Gasteiger partial charge in [0.1, 0.15) is 16.4 Å². The first-order valence-electron chi connectivity index (χ1n) is 10.6. The number of aromatic nitrogens is 7. The third-order valence-electron chi connectivity index (χ3n) is 5.41. The van der Waals surface area contributed by atoms with E-state index < -0.39 is 11.9 Å². The number of hydrogen-bond acceptors (Lipinski definition) is 8. The Kier molecular flexibility index (Phi) is 7.02. The number of carbonyl (C=O) groups is 1. The van der Waals surface area contributed by atoms with Gasteiger partial charge in [0.05, 0.1) is 5.75 Å². The van der Waals surface area contributed by atoms with Crippen molar-refractivity contribution >= 4 is 34.1 Å². The van der Waals surface area contributed by atoms with Gasteiger partial charge in [0.25, 0.3) is 0 Å². The van der Waals surface area contributed by atoms with Crippen LogP contribution in [-0.2, 0) is 24.6 Å². The van der Waals surface area contributed by atoms with Crippen molar-refractivity contribution < 1.29 is 18.0 Å². The Hall–Kier alpha value is -2.48. The first-order valence-corrected chi connectivity index (χ1v) is 12.4. The average molecular weight is 501 g/mol. The zero-order chi connectivity index (χ0) is 23.6. The summed E-state index contributed by atoms with van der Waals surface area (Å²) in [5.41, 5.74) is -0.805. The van der Waals surface area contributed by atoms with Gasteiger partial charge in [-0.3, -0.25) is 14.8 Å². The Balaban J connectivity index is 1.39. The maximum absolute atomic E-state index is 13.1. The lowest BCUT2D eigenvalue weighted by molar-refractivity contribution is -0.143. The molecule has 3 aromatic heterocycles. The molecule has 0 spiro atoms. The van der Waals surface area contributed by atoms with Crippen molar-refractivity contribution in [2.45, 2.75) is 62.8 Å². The summed E-state index contributed by atoms with van der Waals surface area (Å²) in [5.74, 6) is 0.415. The summed E-state index contributed by atoms with van der Waals surface area (Å²) < 4.78 is 41.7. The van der Waals surface area contributed by atoms with Crippen LogP contribution in [0.25, 0.3) is 11.5 Å². The van der Waals surface area contributed by atoms with Gasteiger partial charge >= 0.3 is 6.18 Å². The number of alkyl halides is 3. The molecule has 0 aliphatic heterocycles. The summed E-state index contributed by atoms with van der Waals surface area (Å²) >= 11 is 2.55. The van der Waals surface area contributed by atoms with Gasteiger partial charge in [0, 0.05) is 19.5 Å². The fourth-order valence-electron chi connectivity index (χ4n) is 3.80. The molecule has 9 nitrogen and oxygen atoms in total. The topological polar surface area (TPSA) is 103 Å². The van der Waals surface area contributed by atoms with Gasteiger partial charge in [-0.1, -0.05) is 42.4 Å². The summed E-state index contributed by atoms with van der Waals surface area (Å²) in [7, 11) is 1.23. The number of anilines is 1. The lowest BCUT2D eigenvalue weighted by Crippen LogP contribution is -2.14. The van der Waals surface area contributed by atoms with Crippen LogP contribution in [0.3, 0.4) is 0 Å². The predicted molar refractivity (Wildman–Crippen MR) is 118 cm³/mol. The van der Waals surface area contributed by atoms with Crippen LogP contribution in [0.4, 0.5) is 18.3 Å². The molecule has 1 aliphatic rings. The molecule has 0 radical (unpaired) electrons. The Morgan fingerprint density at radius 1 is 1.21 bits per heavy atom. The smallest absolute Gasteiger partial charge is 0.301 e. The quantitative estimate of drug-likeness (QED) is 0.481. The van der Waals surface area contributed by atoms with E-state index in [0.29, 0.717) is 22.8 Å². The SMILES string of the molecule is CCn1c(SCC(=O)Nc2nnc(C3CCCCC3)s2)nnc1-c1cc(C(F)(F)F)n(C)n1. The largest absolute Gasteiger partial charge is 0.433 e. The van der Waals surface area contributed by atoms with Crippen LogP contribution < -0.4 is 5.32 Å². The van der Waals surface area contributed by atoms with Crippen molar-refractivity contribution in [1.82, 2.24) is 34.7 Å². The molecule has 0 aromatic carbocycles. The van der Waals surface area contributed by atoms with Crippen molar-refractivity contribution in [2.24, 2.45) is 7.05 Å². The molecule has 0 bridgehead atoms. The number of hydrogen-bond donors (Lipinski definition) is 1. The number of nitrogens with zero attached hydrogens (tertiary/aromatic N) is 7. The van der Waals surface area contributed by atoms with Gasteiger partial charge in [-0.15, -0.1) is 20.4 Å². The fraction of sp³-hybridized carbons (Fsp3) is 0.579. The maximum atomic E-state index is 13.1. The molecular weight excluding hydrogens is 477 g/mol. The number of halogens is 3. The molecule has 1 saturated carbocycles. The van der Waals surface area contributed by atoms with Crippen LogP contribution in [-0.4, -0.2) is 46.4 Å². The predicted octanol–water partition coefficient (Wildman–Crippen LogP) is 4.35. The van der Waals surface area contributed by atoms with Gasteiger partial charge in [0.2, 0.25) is 11.0 Å². The van der Waals surface area contributed by atoms with Gasteiger partial charge < -0.3 is 4.57 Å². The van der Waals surface area contributed by atoms with Crippen LogP contribution in [0, 0.1) is 0 Å². The summed E-state index contributed by atoms with van der Waals surface area (Å²) in [4.78, 5) is 12.4. The second-order valence-electron chi connectivity index (χ2n) is 7.70. The van der Waals surface area contributed by atoms with E-state index in [1.165, 1.54) is 37.6 Å². The van der Waals surface area contributed by atoms with Gasteiger partial charge in [0.15, 0.2) is 11.0 Å². The third kappa shape index (κ3) is 5.37. The number of carbonyl (C=O) groups excluding carboxylic acids is 1. The molecule has 4 rings (SSSR count). The summed E-state index contributed by atoms with van der Waals surface area (Å²) in [6, 6.07) is 0.941. The molecule has 3 aromatic rings. The lowest BCUT2D eigenvalue weighted by atomic mass is 9.90. The first kappa shape index (κ1) is 23.7. The summed E-state index contributed by atoms with van der Waals surface area (Å²) in [6.45, 7) is 2.23. The summed E-state index contributed by atoms with van der Waals surface area (Å²) in [5, 5.41) is 24.9. The second kappa shape index (κ2) is 9.79. The molecule has 178 valence electrons. The Morgan fingerprint density at radius 2 is 1.97 bits per heavy atom. The van der Waals surface area contributed by atoms with Crippen molar-refractivity contribution in [3.63, 3.8) is 0 Å². The normalized spacial score (nSPS) is 15.2. The van der Waals surface area contributed by atoms with Crippen LogP contribution in [0.15, 0.2) is 11.2 Å². The Morgan fingerprint density at radius 3 is 2.64 bits per heavy atom. The van der Waals surface area contributed by atoms with E-state index in [1.54, 1.807) is 4.57 Å². The molecule has 1 fully saturated rings. The summed E-state index contributed by atoms with van der Waals surface area (Å²) in [6.07, 6.45) is 1.33. The molecular formula is C19H23F3N8OS2. The molecule has 0 atom stereocenters. The molecule has 1 aliphatic carbocycles. The van der Waals surface area contributed by atoms with E-state index in [1.807, 2.05) is 6.92 Å². The van der Waals surface area contributed by atoms with E-state index in [4.69, 9.17) is 0 Å². The lowest BCUT2D eigenvalue weighted by Gasteiger charge is -2.18. The van der Waals surface area contributed by atoms with Crippen molar-refractivity contribution in [3.8, 4) is 11.5 Å². The highest BCUT2D eigenvalue weighted by Crippen LogP contribution is 2.35. The third-order valence-corrected chi connectivity index (χ3v) is 7.37. The van der Waals surface area contributed by atoms with E-state index in [2.05, 4.69) is 30.8 Å². The van der Waals surface area contributed by atoms with Crippen molar-refractivity contribution in [1.29, 1.82) is 0 Å². The number of thioether (sulfide) groups is 1. The van der Waals surface area contributed by atoms with Crippen LogP contribution in [0.2, 0.25) is 0 Å². The molecule has 3 heterocycles. The second-order valence-corrected chi connectivity index (χ2v) is 9.66. The van der Waals surface area contributed by atoms with E-state index in [9.17, 15) is 18.0 Å². The number of rotatable bonds is 7. The maximum Gasteiger partial charge on any atom is 0.433 e. The van der Waals surface area contributed by atoms with E-state index in [0.717, 1.165) is 40.4 Å². The van der Waals surface area contributed by atoms with Gasteiger partial charge in [-0.05, 0) is 25.8 Å². The number of nitrogens with one attached hydrogen (secondary N) is 1. The first-order chi connectivity index (χ1) is 15.8. The van der Waals surface area contributed by atoms with Crippen LogP contribution in [0.1, 0.15) is 55.6 Å². The van der Waals surface area contributed by atoms with Gasteiger partial charge in [-0.2, -0.15) is 18.3 Å². The minimum Gasteiger partial charge on any atom is -0.301 e. The highest BCUT2D eigenvalue weighted by molar-refractivity contribution is 7.99. The minimum atomic E-state index is -4.52. The molecule has 0 saturated heterocycles. The van der Waals surface area contributed by atoms with E-state index in [-0.39, 0.29) is 23.2 Å². The highest BCUT2D eigenvalue weighted by Gasteiger charge is 2.35. The Bertz CT molecular complexity index is 1120. The molecule has 1 amide bonds. The monoisotopic (exact) mass is 500 g/mol. The molecule has 33 heavy (non-hydrogen) atoms. The van der Waals surface area contributed by atoms with Gasteiger partial charge in [-0.25, -0.2) is 0 Å². The standard InChI is InChI=1S/C19H23F3N8OS2/c1-3-30-15(12-9-13(19(20,21)22)29(2)28-12)24-27-18(30)32-10-14(31)23-17-26-25-16(33-17)11-7-5-4-6-8-11/h9,11H,3-8,10H2,1-2H3,(H,23,26,31). The molecule has 14 heteroatoms. The average Bonchev–Trinajstić information content (AvgIpc) is 3.50. The Labute approximate surface area is 196 Å². The number of aryl methyl sites for hydroxylation is 1. The van der Waals surface area contributed by atoms with Crippen molar-refractivity contribution in [3.05, 3.63) is 16.8 Å². The minimum absolute atomic E-state index is 0.0481. The molecule has 1 N–H and O–H groups in total. The number of amides is 1. The zero-order valence-electron chi connectivity index (χ0n) is 18.1.